The minimum absolute atomic E-state index is 0.138. The van der Waals surface area contributed by atoms with Crippen LogP contribution in [-0.4, -0.2) is 26.7 Å². The molecule has 1 aliphatic carbocycles. The molecule has 0 saturated heterocycles. The summed E-state index contributed by atoms with van der Waals surface area (Å²) in [4.78, 5) is 11.8. The zero-order valence-corrected chi connectivity index (χ0v) is 13.4. The van der Waals surface area contributed by atoms with Crippen LogP contribution in [0.2, 0.25) is 0 Å². The van der Waals surface area contributed by atoms with Gasteiger partial charge in [0.05, 0.1) is 14.2 Å². The standard InChI is InChI=1S/C17H25NO3/c1-11(2)7-17(19)18-10-13-6-5-12-8-15(20-3)16(21-4)9-14(12)13/h8-9,11,13H,5-7,10H2,1-4H3,(H,18,19). The lowest BCUT2D eigenvalue weighted by molar-refractivity contribution is -0.121. The van der Waals surface area contributed by atoms with Gasteiger partial charge in [0, 0.05) is 18.9 Å². The Hall–Kier alpha value is -1.71. The Morgan fingerprint density at radius 2 is 1.95 bits per heavy atom. The molecule has 0 fully saturated rings. The Morgan fingerprint density at radius 3 is 2.57 bits per heavy atom. The molecule has 1 aromatic rings. The summed E-state index contributed by atoms with van der Waals surface area (Å²) in [6.45, 7) is 4.82. The lowest BCUT2D eigenvalue weighted by Crippen LogP contribution is -2.28. The van der Waals surface area contributed by atoms with Crippen LogP contribution in [0.15, 0.2) is 12.1 Å². The van der Waals surface area contributed by atoms with Crippen molar-refractivity contribution in [1.82, 2.24) is 5.32 Å². The van der Waals surface area contributed by atoms with Crippen LogP contribution in [0.3, 0.4) is 0 Å². The van der Waals surface area contributed by atoms with Gasteiger partial charge in [-0.2, -0.15) is 0 Å². The summed E-state index contributed by atoms with van der Waals surface area (Å²) >= 11 is 0. The van der Waals surface area contributed by atoms with Gasteiger partial charge in [-0.1, -0.05) is 13.8 Å². The summed E-state index contributed by atoms with van der Waals surface area (Å²) in [5.41, 5.74) is 2.58. The van der Waals surface area contributed by atoms with Gasteiger partial charge in [-0.25, -0.2) is 0 Å². The number of fused-ring (bicyclic) bond motifs is 1. The fraction of sp³-hybridized carbons (Fsp3) is 0.588. The maximum Gasteiger partial charge on any atom is 0.220 e. The Morgan fingerprint density at radius 1 is 1.29 bits per heavy atom. The number of benzene rings is 1. The normalized spacial score (nSPS) is 16.7. The molecular formula is C17H25NO3. The lowest BCUT2D eigenvalue weighted by Gasteiger charge is -2.16. The number of nitrogens with one attached hydrogen (secondary N) is 1. The second-order valence-electron chi connectivity index (χ2n) is 6.04. The Labute approximate surface area is 126 Å². The number of hydrogen-bond acceptors (Lipinski definition) is 3. The summed E-state index contributed by atoms with van der Waals surface area (Å²) in [7, 11) is 3.31. The number of hydrogen-bond donors (Lipinski definition) is 1. The van der Waals surface area contributed by atoms with Crippen molar-refractivity contribution in [1.29, 1.82) is 0 Å². The second kappa shape index (κ2) is 6.83. The van der Waals surface area contributed by atoms with Crippen molar-refractivity contribution in [2.45, 2.75) is 39.0 Å². The highest BCUT2D eigenvalue weighted by atomic mass is 16.5. The molecule has 0 spiro atoms. The van der Waals surface area contributed by atoms with Crippen LogP contribution in [0.4, 0.5) is 0 Å². The molecule has 4 heteroatoms. The Kier molecular flexibility index (Phi) is 5.10. The molecule has 0 bridgehead atoms. The number of rotatable bonds is 6. The molecule has 4 nitrogen and oxygen atoms in total. The van der Waals surface area contributed by atoms with Gasteiger partial charge < -0.3 is 14.8 Å². The number of amides is 1. The number of methoxy groups -OCH3 is 2. The highest BCUT2D eigenvalue weighted by molar-refractivity contribution is 5.76. The summed E-state index contributed by atoms with van der Waals surface area (Å²) in [6, 6.07) is 4.12. The average Bonchev–Trinajstić information content (AvgIpc) is 2.84. The molecule has 1 unspecified atom stereocenters. The van der Waals surface area contributed by atoms with Crippen molar-refractivity contribution < 1.29 is 14.3 Å². The molecule has 0 aliphatic heterocycles. The third-order valence-electron chi connectivity index (χ3n) is 3.99. The molecular weight excluding hydrogens is 266 g/mol. The summed E-state index contributed by atoms with van der Waals surface area (Å²) in [6.07, 6.45) is 2.68. The van der Waals surface area contributed by atoms with Gasteiger partial charge in [0.1, 0.15) is 0 Å². The van der Waals surface area contributed by atoms with E-state index in [1.165, 1.54) is 11.1 Å². The highest BCUT2D eigenvalue weighted by Crippen LogP contribution is 2.40. The van der Waals surface area contributed by atoms with E-state index in [2.05, 4.69) is 31.3 Å². The van der Waals surface area contributed by atoms with Crippen LogP contribution >= 0.6 is 0 Å². The molecule has 0 saturated carbocycles. The van der Waals surface area contributed by atoms with Crippen molar-refractivity contribution in [3.05, 3.63) is 23.3 Å². The fourth-order valence-electron chi connectivity index (χ4n) is 2.91. The first kappa shape index (κ1) is 15.7. The molecule has 0 aromatic heterocycles. The number of aryl methyl sites for hydroxylation is 1. The molecule has 1 aliphatic rings. The van der Waals surface area contributed by atoms with Gasteiger partial charge in [-0.3, -0.25) is 4.79 Å². The van der Waals surface area contributed by atoms with Crippen molar-refractivity contribution >= 4 is 5.91 Å². The maximum absolute atomic E-state index is 11.8. The van der Waals surface area contributed by atoms with Crippen LogP contribution in [0, 0.1) is 5.92 Å². The first-order valence-electron chi connectivity index (χ1n) is 7.56. The second-order valence-corrected chi connectivity index (χ2v) is 6.04. The van der Waals surface area contributed by atoms with Gasteiger partial charge in [0.2, 0.25) is 5.91 Å². The minimum atomic E-state index is 0.138. The minimum Gasteiger partial charge on any atom is -0.493 e. The van der Waals surface area contributed by atoms with Crippen LogP contribution in [0.5, 0.6) is 11.5 Å². The summed E-state index contributed by atoms with van der Waals surface area (Å²) in [5.74, 6) is 2.44. The van der Waals surface area contributed by atoms with E-state index < -0.39 is 0 Å². The molecule has 1 N–H and O–H groups in total. The van der Waals surface area contributed by atoms with Crippen molar-refractivity contribution in [2.24, 2.45) is 5.92 Å². The molecule has 116 valence electrons. The van der Waals surface area contributed by atoms with E-state index in [4.69, 9.17) is 9.47 Å². The van der Waals surface area contributed by atoms with E-state index in [9.17, 15) is 4.79 Å². The summed E-state index contributed by atoms with van der Waals surface area (Å²) in [5, 5.41) is 3.05. The van der Waals surface area contributed by atoms with Gasteiger partial charge in [0.25, 0.3) is 0 Å². The monoisotopic (exact) mass is 291 g/mol. The van der Waals surface area contributed by atoms with Crippen molar-refractivity contribution in [2.75, 3.05) is 20.8 Å². The van der Waals surface area contributed by atoms with Gasteiger partial charge in [-0.05, 0) is 42.0 Å². The zero-order valence-electron chi connectivity index (χ0n) is 13.4. The molecule has 0 heterocycles. The fourth-order valence-corrected chi connectivity index (χ4v) is 2.91. The predicted octanol–water partition coefficient (Wildman–Crippen LogP) is 2.90. The van der Waals surface area contributed by atoms with E-state index in [-0.39, 0.29) is 5.91 Å². The van der Waals surface area contributed by atoms with Crippen LogP contribution in [0.25, 0.3) is 0 Å². The third-order valence-corrected chi connectivity index (χ3v) is 3.99. The highest BCUT2D eigenvalue weighted by Gasteiger charge is 2.25. The lowest BCUT2D eigenvalue weighted by atomic mass is 10.0. The SMILES string of the molecule is COc1cc2c(cc1OC)C(CNC(=O)CC(C)C)CC2. The van der Waals surface area contributed by atoms with Crippen LogP contribution in [0.1, 0.15) is 43.7 Å². The smallest absolute Gasteiger partial charge is 0.220 e. The Balaban J connectivity index is 2.06. The summed E-state index contributed by atoms with van der Waals surface area (Å²) < 4.78 is 10.7. The van der Waals surface area contributed by atoms with Crippen molar-refractivity contribution in [3.8, 4) is 11.5 Å². The number of carbonyl (C=O) groups excluding carboxylic acids is 1. The van der Waals surface area contributed by atoms with E-state index in [0.717, 1.165) is 24.3 Å². The van der Waals surface area contributed by atoms with Crippen LogP contribution in [-0.2, 0) is 11.2 Å². The maximum atomic E-state index is 11.8. The first-order chi connectivity index (χ1) is 10.0. The van der Waals surface area contributed by atoms with Gasteiger partial charge in [0.15, 0.2) is 11.5 Å². The van der Waals surface area contributed by atoms with E-state index >= 15 is 0 Å². The van der Waals surface area contributed by atoms with Crippen molar-refractivity contribution in [3.63, 3.8) is 0 Å². The van der Waals surface area contributed by atoms with E-state index in [0.29, 0.717) is 24.8 Å². The number of carbonyl (C=O) groups is 1. The molecule has 21 heavy (non-hydrogen) atoms. The molecule has 1 atom stereocenters. The quantitative estimate of drug-likeness (QED) is 0.876. The Bertz CT molecular complexity index is 511. The topological polar surface area (TPSA) is 47.6 Å². The molecule has 1 amide bonds. The predicted molar refractivity (Wildman–Crippen MR) is 83.1 cm³/mol. The van der Waals surface area contributed by atoms with Gasteiger partial charge >= 0.3 is 0 Å². The zero-order chi connectivity index (χ0) is 15.4. The first-order valence-corrected chi connectivity index (χ1v) is 7.56. The number of ether oxygens (including phenoxy) is 2. The largest absolute Gasteiger partial charge is 0.493 e. The molecule has 0 radical (unpaired) electrons. The van der Waals surface area contributed by atoms with Crippen LogP contribution < -0.4 is 14.8 Å². The van der Waals surface area contributed by atoms with Gasteiger partial charge in [-0.15, -0.1) is 0 Å². The molecule has 2 rings (SSSR count). The average molecular weight is 291 g/mol. The van der Waals surface area contributed by atoms with E-state index in [1.54, 1.807) is 14.2 Å². The third kappa shape index (κ3) is 3.69. The molecule has 1 aromatic carbocycles. The van der Waals surface area contributed by atoms with E-state index in [1.807, 2.05) is 0 Å².